The van der Waals surface area contributed by atoms with Gasteiger partial charge in [0, 0.05) is 30.0 Å². The van der Waals surface area contributed by atoms with Gasteiger partial charge in [0.1, 0.15) is 0 Å². The predicted octanol–water partition coefficient (Wildman–Crippen LogP) is 3.26. The molecule has 0 aliphatic carbocycles. The number of rotatable bonds is 7. The fourth-order valence-corrected chi connectivity index (χ4v) is 2.46. The summed E-state index contributed by atoms with van der Waals surface area (Å²) < 4.78 is 10.1. The van der Waals surface area contributed by atoms with Crippen LogP contribution in [-0.2, 0) is 20.7 Å². The summed E-state index contributed by atoms with van der Waals surface area (Å²) in [5, 5.41) is 3.63. The van der Waals surface area contributed by atoms with E-state index in [1.54, 1.807) is 24.4 Å². The highest BCUT2D eigenvalue weighted by molar-refractivity contribution is 6.36. The first kappa shape index (κ1) is 18.3. The molecule has 2 aromatic rings. The van der Waals surface area contributed by atoms with Crippen LogP contribution < -0.4 is 5.32 Å². The Labute approximate surface area is 149 Å². The molecule has 0 aliphatic heterocycles. The second-order valence-electron chi connectivity index (χ2n) is 4.92. The Morgan fingerprint density at radius 2 is 2.08 bits per heavy atom. The average molecular weight is 371 g/mol. The SMILES string of the molecule is COC(=O)CCNC(=O)CCc1ncc(-c2ccc(Cl)cc2Cl)o1. The molecule has 128 valence electrons. The number of carbonyl (C=O) groups excluding carboxylic acids is 2. The van der Waals surface area contributed by atoms with E-state index < -0.39 is 0 Å². The fraction of sp³-hybridized carbons (Fsp3) is 0.312. The van der Waals surface area contributed by atoms with Crippen molar-refractivity contribution >= 4 is 35.1 Å². The maximum absolute atomic E-state index is 11.7. The van der Waals surface area contributed by atoms with Crippen molar-refractivity contribution in [3.8, 4) is 11.3 Å². The van der Waals surface area contributed by atoms with Crippen LogP contribution in [0, 0.1) is 0 Å². The predicted molar refractivity (Wildman–Crippen MR) is 89.9 cm³/mol. The molecule has 0 radical (unpaired) electrons. The summed E-state index contributed by atoms with van der Waals surface area (Å²) in [6, 6.07) is 5.07. The van der Waals surface area contributed by atoms with Gasteiger partial charge in [-0.15, -0.1) is 0 Å². The molecule has 1 aromatic carbocycles. The number of halogens is 2. The summed E-state index contributed by atoms with van der Waals surface area (Å²) in [5.74, 6) is 0.382. The van der Waals surface area contributed by atoms with Crippen molar-refractivity contribution in [2.45, 2.75) is 19.3 Å². The average Bonchev–Trinajstić information content (AvgIpc) is 3.01. The lowest BCUT2D eigenvalue weighted by atomic mass is 10.2. The van der Waals surface area contributed by atoms with E-state index in [1.807, 2.05) is 0 Å². The summed E-state index contributed by atoms with van der Waals surface area (Å²) in [5.41, 5.74) is 0.683. The van der Waals surface area contributed by atoms with Crippen LogP contribution in [0.25, 0.3) is 11.3 Å². The van der Waals surface area contributed by atoms with Crippen molar-refractivity contribution in [1.82, 2.24) is 10.3 Å². The van der Waals surface area contributed by atoms with Gasteiger partial charge in [-0.25, -0.2) is 4.98 Å². The molecule has 1 heterocycles. The Balaban J connectivity index is 1.85. The molecule has 1 aromatic heterocycles. The molecule has 6 nitrogen and oxygen atoms in total. The van der Waals surface area contributed by atoms with E-state index >= 15 is 0 Å². The van der Waals surface area contributed by atoms with E-state index in [0.717, 1.165) is 0 Å². The monoisotopic (exact) mass is 370 g/mol. The number of aromatic nitrogens is 1. The number of nitrogens with zero attached hydrogens (tertiary/aromatic N) is 1. The topological polar surface area (TPSA) is 81.4 Å². The van der Waals surface area contributed by atoms with E-state index in [4.69, 9.17) is 27.6 Å². The van der Waals surface area contributed by atoms with E-state index in [0.29, 0.717) is 33.7 Å². The molecule has 1 N–H and O–H groups in total. The molecule has 0 spiro atoms. The number of ether oxygens (including phenoxy) is 1. The number of nitrogens with one attached hydrogen (secondary N) is 1. The first-order valence-electron chi connectivity index (χ1n) is 7.23. The van der Waals surface area contributed by atoms with Crippen molar-refractivity contribution in [3.05, 3.63) is 40.3 Å². The normalized spacial score (nSPS) is 10.5. The number of amides is 1. The second kappa shape index (κ2) is 8.70. The number of hydrogen-bond acceptors (Lipinski definition) is 5. The summed E-state index contributed by atoms with van der Waals surface area (Å²) >= 11 is 12.0. The minimum atomic E-state index is -0.368. The maximum atomic E-state index is 11.7. The van der Waals surface area contributed by atoms with Crippen LogP contribution in [-0.4, -0.2) is 30.5 Å². The third-order valence-corrected chi connectivity index (χ3v) is 3.74. The zero-order valence-electron chi connectivity index (χ0n) is 13.0. The van der Waals surface area contributed by atoms with Gasteiger partial charge in [-0.05, 0) is 18.2 Å². The van der Waals surface area contributed by atoms with Crippen LogP contribution in [0.3, 0.4) is 0 Å². The van der Waals surface area contributed by atoms with Crippen LogP contribution in [0.15, 0.2) is 28.8 Å². The number of hydrogen-bond donors (Lipinski definition) is 1. The van der Waals surface area contributed by atoms with Gasteiger partial charge in [0.25, 0.3) is 0 Å². The Kier molecular flexibility index (Phi) is 6.63. The van der Waals surface area contributed by atoms with E-state index in [2.05, 4.69) is 15.0 Å². The minimum Gasteiger partial charge on any atom is -0.469 e. The highest BCUT2D eigenvalue weighted by Gasteiger charge is 2.12. The van der Waals surface area contributed by atoms with Crippen molar-refractivity contribution in [1.29, 1.82) is 0 Å². The quantitative estimate of drug-likeness (QED) is 0.756. The maximum Gasteiger partial charge on any atom is 0.307 e. The van der Waals surface area contributed by atoms with Gasteiger partial charge in [-0.2, -0.15) is 0 Å². The van der Waals surface area contributed by atoms with Crippen molar-refractivity contribution < 1.29 is 18.7 Å². The lowest BCUT2D eigenvalue weighted by Crippen LogP contribution is -2.26. The van der Waals surface area contributed by atoms with Crippen LogP contribution in [0.5, 0.6) is 0 Å². The van der Waals surface area contributed by atoms with E-state index in [1.165, 1.54) is 7.11 Å². The van der Waals surface area contributed by atoms with Gasteiger partial charge in [0.15, 0.2) is 11.7 Å². The van der Waals surface area contributed by atoms with Gasteiger partial charge >= 0.3 is 5.97 Å². The summed E-state index contributed by atoms with van der Waals surface area (Å²) in [6.07, 6.45) is 2.24. The lowest BCUT2D eigenvalue weighted by Gasteiger charge is -2.03. The molecule has 2 rings (SSSR count). The first-order valence-corrected chi connectivity index (χ1v) is 7.99. The van der Waals surface area contributed by atoms with Crippen LogP contribution in [0.2, 0.25) is 10.0 Å². The van der Waals surface area contributed by atoms with Gasteiger partial charge in [-0.3, -0.25) is 9.59 Å². The molecule has 24 heavy (non-hydrogen) atoms. The zero-order valence-corrected chi connectivity index (χ0v) is 14.5. The first-order chi connectivity index (χ1) is 11.5. The van der Waals surface area contributed by atoms with Gasteiger partial charge < -0.3 is 14.5 Å². The van der Waals surface area contributed by atoms with Crippen molar-refractivity contribution in [2.24, 2.45) is 0 Å². The molecular weight excluding hydrogens is 355 g/mol. The Bertz CT molecular complexity index is 731. The van der Waals surface area contributed by atoms with Crippen LogP contribution >= 0.6 is 23.2 Å². The summed E-state index contributed by atoms with van der Waals surface area (Å²) in [6.45, 7) is 0.239. The molecule has 0 fully saturated rings. The number of esters is 1. The largest absolute Gasteiger partial charge is 0.469 e. The number of aryl methyl sites for hydroxylation is 1. The smallest absolute Gasteiger partial charge is 0.307 e. The Morgan fingerprint density at radius 3 is 2.79 bits per heavy atom. The summed E-state index contributed by atoms with van der Waals surface area (Å²) in [7, 11) is 1.30. The molecule has 0 saturated carbocycles. The Hall–Kier alpha value is -2.05. The zero-order chi connectivity index (χ0) is 17.5. The third kappa shape index (κ3) is 5.25. The molecule has 0 bridgehead atoms. The molecule has 0 unspecified atom stereocenters. The van der Waals surface area contributed by atoms with Gasteiger partial charge in [0.05, 0.1) is 24.8 Å². The number of carbonyl (C=O) groups is 2. The number of oxazole rings is 1. The van der Waals surface area contributed by atoms with Gasteiger partial charge in [-0.1, -0.05) is 23.2 Å². The Morgan fingerprint density at radius 1 is 1.29 bits per heavy atom. The molecule has 1 amide bonds. The van der Waals surface area contributed by atoms with Crippen LogP contribution in [0.4, 0.5) is 0 Å². The van der Waals surface area contributed by atoms with Crippen LogP contribution in [0.1, 0.15) is 18.7 Å². The van der Waals surface area contributed by atoms with Crippen molar-refractivity contribution in [3.63, 3.8) is 0 Å². The number of methoxy groups -OCH3 is 1. The van der Waals surface area contributed by atoms with E-state index in [9.17, 15) is 9.59 Å². The van der Waals surface area contributed by atoms with Gasteiger partial charge in [0.2, 0.25) is 5.91 Å². The molecule has 0 saturated heterocycles. The fourth-order valence-electron chi connectivity index (χ4n) is 1.95. The minimum absolute atomic E-state index is 0.139. The summed E-state index contributed by atoms with van der Waals surface area (Å²) in [4.78, 5) is 26.8. The third-order valence-electron chi connectivity index (χ3n) is 3.20. The highest BCUT2D eigenvalue weighted by atomic mass is 35.5. The standard InChI is InChI=1S/C16H16Cl2N2O4/c1-23-16(22)6-7-19-14(21)4-5-15-20-9-13(24-15)11-3-2-10(17)8-12(11)18/h2-3,8-9H,4-7H2,1H3,(H,19,21). The molecule has 8 heteroatoms. The van der Waals surface area contributed by atoms with Crippen molar-refractivity contribution in [2.75, 3.05) is 13.7 Å². The molecule has 0 aliphatic rings. The number of benzene rings is 1. The highest BCUT2D eigenvalue weighted by Crippen LogP contribution is 2.30. The lowest BCUT2D eigenvalue weighted by molar-refractivity contribution is -0.140. The van der Waals surface area contributed by atoms with E-state index in [-0.39, 0.29) is 31.3 Å². The second-order valence-corrected chi connectivity index (χ2v) is 5.76. The molecular formula is C16H16Cl2N2O4. The molecule has 0 atom stereocenters.